The summed E-state index contributed by atoms with van der Waals surface area (Å²) < 4.78 is 11.1. The van der Waals surface area contributed by atoms with Crippen LogP contribution in [0.25, 0.3) is 21.4 Å². The fraction of sp³-hybridized carbons (Fsp3) is 0.208. The van der Waals surface area contributed by atoms with Crippen LogP contribution in [0.4, 0.5) is 0 Å². The molecule has 0 bridgehead atoms. The molecule has 3 heterocycles. The Balaban J connectivity index is 1.40. The molecule has 0 radical (unpaired) electrons. The highest BCUT2D eigenvalue weighted by molar-refractivity contribution is 8.00. The third kappa shape index (κ3) is 3.80. The Hall–Kier alpha value is -3.10. The summed E-state index contributed by atoms with van der Waals surface area (Å²) in [5.41, 5.74) is 2.84. The average molecular weight is 465 g/mol. The number of carbonyl (C=O) groups is 2. The van der Waals surface area contributed by atoms with E-state index >= 15 is 0 Å². The molecule has 1 amide bonds. The molecule has 0 saturated carbocycles. The van der Waals surface area contributed by atoms with E-state index in [9.17, 15) is 9.59 Å². The van der Waals surface area contributed by atoms with Gasteiger partial charge in [-0.25, -0.2) is 9.78 Å². The number of esters is 1. The van der Waals surface area contributed by atoms with Gasteiger partial charge in [-0.15, -0.1) is 11.3 Å². The van der Waals surface area contributed by atoms with Gasteiger partial charge in [-0.1, -0.05) is 47.7 Å². The third-order valence-electron chi connectivity index (χ3n) is 5.28. The van der Waals surface area contributed by atoms with Gasteiger partial charge in [0.25, 0.3) is 5.91 Å². The van der Waals surface area contributed by atoms with Gasteiger partial charge >= 0.3 is 5.97 Å². The standard InChI is InChI=1S/C24H20N2O4S2/c1-14-6-8-16(9-7-14)21-20(25-15(2)32-21)22(27)26-11-13-31-24(26)30-23(28)18-4-3-5-19-17(18)10-12-29-19/h3-10,12,24H,11,13H2,1-2H3. The number of furan rings is 1. The first-order valence-electron chi connectivity index (χ1n) is 10.2. The van der Waals surface area contributed by atoms with Crippen LogP contribution in [0.15, 0.2) is 59.2 Å². The molecule has 162 valence electrons. The first-order valence-corrected chi connectivity index (χ1v) is 12.0. The van der Waals surface area contributed by atoms with Gasteiger partial charge in [0, 0.05) is 17.7 Å². The minimum atomic E-state index is -0.704. The van der Waals surface area contributed by atoms with Crippen molar-refractivity contribution in [2.45, 2.75) is 19.4 Å². The number of aromatic nitrogens is 1. The Bertz CT molecular complexity index is 1310. The summed E-state index contributed by atoms with van der Waals surface area (Å²) in [5, 5.41) is 1.51. The average Bonchev–Trinajstić information content (AvgIpc) is 3.53. The number of benzene rings is 2. The molecule has 5 rings (SSSR count). The number of carbonyl (C=O) groups excluding carboxylic acids is 2. The number of aryl methyl sites for hydroxylation is 2. The number of fused-ring (bicyclic) bond motifs is 1. The number of hydrogen-bond acceptors (Lipinski definition) is 7. The normalized spacial score (nSPS) is 15.9. The Kier molecular flexibility index (Phi) is 5.48. The lowest BCUT2D eigenvalue weighted by atomic mass is 10.1. The predicted octanol–water partition coefficient (Wildman–Crippen LogP) is 5.50. The van der Waals surface area contributed by atoms with E-state index in [1.54, 1.807) is 35.4 Å². The van der Waals surface area contributed by atoms with Crippen LogP contribution in [0.1, 0.15) is 31.4 Å². The van der Waals surface area contributed by atoms with Crippen LogP contribution in [-0.2, 0) is 4.74 Å². The second-order valence-corrected chi connectivity index (χ2v) is 9.84. The Morgan fingerprint density at radius 2 is 1.94 bits per heavy atom. The molecule has 4 aromatic rings. The fourth-order valence-corrected chi connectivity index (χ4v) is 5.63. The molecule has 2 aromatic carbocycles. The van der Waals surface area contributed by atoms with E-state index < -0.39 is 11.5 Å². The van der Waals surface area contributed by atoms with E-state index in [-0.39, 0.29) is 5.91 Å². The zero-order chi connectivity index (χ0) is 22.2. The number of nitrogens with zero attached hydrogens (tertiary/aromatic N) is 2. The van der Waals surface area contributed by atoms with Crippen LogP contribution < -0.4 is 0 Å². The molecular weight excluding hydrogens is 444 g/mol. The lowest BCUT2D eigenvalue weighted by molar-refractivity contribution is 0.0144. The monoisotopic (exact) mass is 464 g/mol. The van der Waals surface area contributed by atoms with Crippen molar-refractivity contribution in [3.8, 4) is 10.4 Å². The molecule has 8 heteroatoms. The molecule has 1 aliphatic rings. The molecule has 1 unspecified atom stereocenters. The van der Waals surface area contributed by atoms with Crippen molar-refractivity contribution in [3.05, 3.63) is 76.6 Å². The summed E-state index contributed by atoms with van der Waals surface area (Å²) >= 11 is 2.92. The van der Waals surface area contributed by atoms with Gasteiger partial charge in [0.15, 0.2) is 0 Å². The fourth-order valence-electron chi connectivity index (χ4n) is 3.68. The highest BCUT2D eigenvalue weighted by Gasteiger charge is 2.36. The number of thiazole rings is 1. The zero-order valence-electron chi connectivity index (χ0n) is 17.5. The molecule has 0 aliphatic carbocycles. The number of rotatable bonds is 4. The first kappa shape index (κ1) is 20.8. The summed E-state index contributed by atoms with van der Waals surface area (Å²) in [7, 11) is 0. The maximum absolute atomic E-state index is 13.5. The molecule has 1 aliphatic heterocycles. The predicted molar refractivity (Wildman–Crippen MR) is 126 cm³/mol. The van der Waals surface area contributed by atoms with Gasteiger partial charge in [-0.2, -0.15) is 0 Å². The van der Waals surface area contributed by atoms with Gasteiger partial charge in [0.1, 0.15) is 11.3 Å². The Morgan fingerprint density at radius 1 is 1.12 bits per heavy atom. The van der Waals surface area contributed by atoms with Crippen LogP contribution in [0.5, 0.6) is 0 Å². The molecule has 32 heavy (non-hydrogen) atoms. The van der Waals surface area contributed by atoms with Crippen LogP contribution in [-0.4, -0.2) is 39.6 Å². The summed E-state index contributed by atoms with van der Waals surface area (Å²) in [6.07, 6.45) is 1.54. The van der Waals surface area contributed by atoms with Crippen molar-refractivity contribution >= 4 is 45.9 Å². The van der Waals surface area contributed by atoms with Crippen molar-refractivity contribution in [2.24, 2.45) is 0 Å². The molecular formula is C24H20N2O4S2. The maximum Gasteiger partial charge on any atom is 0.341 e. The van der Waals surface area contributed by atoms with E-state index in [1.165, 1.54) is 23.1 Å². The quantitative estimate of drug-likeness (QED) is 0.371. The van der Waals surface area contributed by atoms with Crippen molar-refractivity contribution in [1.29, 1.82) is 0 Å². The minimum Gasteiger partial charge on any atom is -0.464 e. The molecule has 0 N–H and O–H groups in total. The summed E-state index contributed by atoms with van der Waals surface area (Å²) in [4.78, 5) is 33.3. The second-order valence-electron chi connectivity index (χ2n) is 7.50. The van der Waals surface area contributed by atoms with Crippen molar-refractivity contribution < 1.29 is 18.7 Å². The molecule has 1 fully saturated rings. The lowest BCUT2D eigenvalue weighted by Gasteiger charge is -2.23. The molecule has 1 atom stereocenters. The molecule has 1 saturated heterocycles. The van der Waals surface area contributed by atoms with Crippen LogP contribution >= 0.6 is 23.1 Å². The van der Waals surface area contributed by atoms with E-state index in [2.05, 4.69) is 4.98 Å². The minimum absolute atomic E-state index is 0.228. The smallest absolute Gasteiger partial charge is 0.341 e. The number of ether oxygens (including phenoxy) is 1. The van der Waals surface area contributed by atoms with Gasteiger partial charge in [-0.3, -0.25) is 9.69 Å². The van der Waals surface area contributed by atoms with Gasteiger partial charge in [0.05, 0.1) is 21.7 Å². The number of hydrogen-bond donors (Lipinski definition) is 0. The summed E-state index contributed by atoms with van der Waals surface area (Å²) in [5.74, 6) is -0.0283. The van der Waals surface area contributed by atoms with Crippen molar-refractivity contribution in [2.75, 3.05) is 12.3 Å². The van der Waals surface area contributed by atoms with Crippen molar-refractivity contribution in [1.82, 2.24) is 9.88 Å². The Morgan fingerprint density at radius 3 is 2.75 bits per heavy atom. The molecule has 0 spiro atoms. The van der Waals surface area contributed by atoms with Crippen LogP contribution in [0.3, 0.4) is 0 Å². The van der Waals surface area contributed by atoms with E-state index in [0.717, 1.165) is 21.0 Å². The zero-order valence-corrected chi connectivity index (χ0v) is 19.2. The number of thioether (sulfide) groups is 1. The topological polar surface area (TPSA) is 72.6 Å². The van der Waals surface area contributed by atoms with Crippen molar-refractivity contribution in [3.63, 3.8) is 0 Å². The van der Waals surface area contributed by atoms with Gasteiger partial charge in [0.2, 0.25) is 5.56 Å². The highest BCUT2D eigenvalue weighted by Crippen LogP contribution is 2.34. The summed E-state index contributed by atoms with van der Waals surface area (Å²) in [6, 6.07) is 15.0. The SMILES string of the molecule is Cc1ccc(-c2sc(C)nc2C(=O)N2CCSC2OC(=O)c2cccc3occc23)cc1. The molecule has 6 nitrogen and oxygen atoms in total. The number of amides is 1. The van der Waals surface area contributed by atoms with Crippen LogP contribution in [0, 0.1) is 13.8 Å². The van der Waals surface area contributed by atoms with E-state index in [4.69, 9.17) is 9.15 Å². The van der Waals surface area contributed by atoms with Gasteiger partial charge < -0.3 is 9.15 Å². The van der Waals surface area contributed by atoms with Crippen LogP contribution in [0.2, 0.25) is 0 Å². The molecule has 2 aromatic heterocycles. The second kappa shape index (κ2) is 8.44. The third-order valence-corrected chi connectivity index (χ3v) is 7.36. The summed E-state index contributed by atoms with van der Waals surface area (Å²) in [6.45, 7) is 4.40. The van der Waals surface area contributed by atoms with E-state index in [0.29, 0.717) is 34.5 Å². The largest absolute Gasteiger partial charge is 0.464 e. The highest BCUT2D eigenvalue weighted by atomic mass is 32.2. The Labute approximate surface area is 193 Å². The first-order chi connectivity index (χ1) is 15.5. The van der Waals surface area contributed by atoms with Gasteiger partial charge in [-0.05, 0) is 37.6 Å². The van der Waals surface area contributed by atoms with E-state index in [1.807, 2.05) is 38.1 Å². The maximum atomic E-state index is 13.5. The lowest BCUT2D eigenvalue weighted by Crippen LogP contribution is -2.38.